The first-order valence-electron chi connectivity index (χ1n) is 7.83. The van der Waals surface area contributed by atoms with Crippen LogP contribution in [0.15, 0.2) is 0 Å². The van der Waals surface area contributed by atoms with Gasteiger partial charge < -0.3 is 9.80 Å². The third-order valence-corrected chi connectivity index (χ3v) is 5.39. The summed E-state index contributed by atoms with van der Waals surface area (Å²) < 4.78 is 0. The number of urea groups is 1. The Kier molecular flexibility index (Phi) is 3.49. The molecule has 0 radical (unpaired) electrons. The zero-order valence-corrected chi connectivity index (χ0v) is 11.5. The average molecular weight is 250 g/mol. The molecule has 18 heavy (non-hydrogen) atoms. The number of nitrogens with zero attached hydrogens (tertiary/aromatic N) is 2. The molecule has 2 saturated heterocycles. The summed E-state index contributed by atoms with van der Waals surface area (Å²) in [5.41, 5.74) is 0.611. The van der Waals surface area contributed by atoms with Gasteiger partial charge in [0.2, 0.25) is 0 Å². The Labute approximate surface area is 111 Å². The van der Waals surface area contributed by atoms with Gasteiger partial charge in [-0.05, 0) is 43.9 Å². The second-order valence-corrected chi connectivity index (χ2v) is 6.52. The molecular formula is C15H26N2O. The normalized spacial score (nSPS) is 27.8. The van der Waals surface area contributed by atoms with Crippen molar-refractivity contribution in [3.8, 4) is 0 Å². The van der Waals surface area contributed by atoms with Crippen LogP contribution >= 0.6 is 0 Å². The molecule has 0 N–H and O–H groups in total. The Bertz CT molecular complexity index is 294. The molecule has 0 unspecified atom stereocenters. The van der Waals surface area contributed by atoms with Gasteiger partial charge >= 0.3 is 6.03 Å². The van der Waals surface area contributed by atoms with Crippen LogP contribution in [0, 0.1) is 5.41 Å². The van der Waals surface area contributed by atoms with Crippen molar-refractivity contribution in [3.05, 3.63) is 0 Å². The second kappa shape index (κ2) is 5.10. The first-order valence-corrected chi connectivity index (χ1v) is 7.83. The lowest BCUT2D eigenvalue weighted by atomic mass is 9.68. The van der Waals surface area contributed by atoms with Crippen molar-refractivity contribution in [2.45, 2.75) is 57.8 Å². The Morgan fingerprint density at radius 3 is 1.83 bits per heavy atom. The number of hydrogen-bond donors (Lipinski definition) is 0. The van der Waals surface area contributed by atoms with Crippen molar-refractivity contribution < 1.29 is 4.79 Å². The van der Waals surface area contributed by atoms with E-state index in [9.17, 15) is 4.79 Å². The van der Waals surface area contributed by atoms with E-state index in [-0.39, 0.29) is 0 Å². The molecule has 3 aliphatic rings. The van der Waals surface area contributed by atoms with Crippen molar-refractivity contribution in [1.29, 1.82) is 0 Å². The van der Waals surface area contributed by atoms with Gasteiger partial charge in [-0.25, -0.2) is 4.79 Å². The van der Waals surface area contributed by atoms with Crippen molar-refractivity contribution in [1.82, 2.24) is 9.80 Å². The van der Waals surface area contributed by atoms with Crippen LogP contribution in [0.4, 0.5) is 4.79 Å². The highest BCUT2D eigenvalue weighted by Gasteiger charge is 2.37. The third kappa shape index (κ3) is 2.36. The van der Waals surface area contributed by atoms with Gasteiger partial charge in [-0.1, -0.05) is 19.3 Å². The maximum Gasteiger partial charge on any atom is 0.319 e. The van der Waals surface area contributed by atoms with Crippen LogP contribution in [-0.4, -0.2) is 42.0 Å². The summed E-state index contributed by atoms with van der Waals surface area (Å²) in [6.45, 7) is 3.99. The van der Waals surface area contributed by atoms with E-state index in [4.69, 9.17) is 0 Å². The zero-order valence-electron chi connectivity index (χ0n) is 11.5. The van der Waals surface area contributed by atoms with Gasteiger partial charge in [-0.15, -0.1) is 0 Å². The largest absolute Gasteiger partial charge is 0.325 e. The fourth-order valence-corrected chi connectivity index (χ4v) is 4.08. The number of carbonyl (C=O) groups excluding carboxylic acids is 1. The highest BCUT2D eigenvalue weighted by Crippen LogP contribution is 2.44. The number of carbonyl (C=O) groups is 1. The summed E-state index contributed by atoms with van der Waals surface area (Å²) in [5, 5.41) is 0. The van der Waals surface area contributed by atoms with Crippen molar-refractivity contribution in [2.24, 2.45) is 5.41 Å². The van der Waals surface area contributed by atoms with E-state index in [1.54, 1.807) is 0 Å². The second-order valence-electron chi connectivity index (χ2n) is 6.52. The molecule has 3 nitrogen and oxygen atoms in total. The van der Waals surface area contributed by atoms with Gasteiger partial charge in [0.25, 0.3) is 0 Å². The molecule has 3 rings (SSSR count). The van der Waals surface area contributed by atoms with E-state index in [2.05, 4.69) is 9.80 Å². The number of likely N-dealkylation sites (tertiary alicyclic amines) is 2. The Morgan fingerprint density at radius 2 is 1.22 bits per heavy atom. The van der Waals surface area contributed by atoms with Crippen LogP contribution in [0.3, 0.4) is 0 Å². The lowest BCUT2D eigenvalue weighted by Crippen LogP contribution is -2.48. The molecule has 0 bridgehead atoms. The molecule has 3 fully saturated rings. The molecular weight excluding hydrogens is 224 g/mol. The highest BCUT2D eigenvalue weighted by molar-refractivity contribution is 5.74. The summed E-state index contributed by atoms with van der Waals surface area (Å²) in [6, 6.07) is 0.318. The molecule has 102 valence electrons. The van der Waals surface area contributed by atoms with Crippen LogP contribution < -0.4 is 0 Å². The quantitative estimate of drug-likeness (QED) is 0.647. The molecule has 0 aromatic carbocycles. The third-order valence-electron chi connectivity index (χ3n) is 5.39. The first kappa shape index (κ1) is 12.3. The number of rotatable bonds is 0. The van der Waals surface area contributed by atoms with Gasteiger partial charge in [0, 0.05) is 26.2 Å². The van der Waals surface area contributed by atoms with Crippen molar-refractivity contribution in [2.75, 3.05) is 26.2 Å². The lowest BCUT2D eigenvalue weighted by molar-refractivity contribution is 0.0715. The molecule has 2 heterocycles. The van der Waals surface area contributed by atoms with E-state index in [0.29, 0.717) is 11.4 Å². The van der Waals surface area contributed by atoms with Gasteiger partial charge in [-0.2, -0.15) is 0 Å². The molecule has 1 aliphatic carbocycles. The molecule has 0 atom stereocenters. The molecule has 0 aromatic rings. The van der Waals surface area contributed by atoms with Crippen LogP contribution in [0.2, 0.25) is 0 Å². The Morgan fingerprint density at radius 1 is 0.667 bits per heavy atom. The summed E-state index contributed by atoms with van der Waals surface area (Å²) in [6.07, 6.45) is 12.0. The number of piperidine rings is 1. The standard InChI is InChI=1S/C15H26N2O/c18-14(16-10-4-5-11-16)17-12-8-15(9-13-17)6-2-1-3-7-15/h1-13H2. The van der Waals surface area contributed by atoms with E-state index >= 15 is 0 Å². The molecule has 2 amide bonds. The maximum atomic E-state index is 12.3. The smallest absolute Gasteiger partial charge is 0.319 e. The van der Waals surface area contributed by atoms with Crippen LogP contribution in [0.1, 0.15) is 57.8 Å². The van der Waals surface area contributed by atoms with Gasteiger partial charge in [-0.3, -0.25) is 0 Å². The Hall–Kier alpha value is -0.730. The SMILES string of the molecule is O=C(N1CCCC1)N1CCC2(CCCCC2)CC1. The number of hydrogen-bond acceptors (Lipinski definition) is 1. The minimum Gasteiger partial charge on any atom is -0.325 e. The fraction of sp³-hybridized carbons (Fsp3) is 0.933. The summed E-state index contributed by atoms with van der Waals surface area (Å²) >= 11 is 0. The minimum absolute atomic E-state index is 0.318. The summed E-state index contributed by atoms with van der Waals surface area (Å²) in [7, 11) is 0. The molecule has 0 aromatic heterocycles. The van der Waals surface area contributed by atoms with Gasteiger partial charge in [0.15, 0.2) is 0 Å². The number of amides is 2. The van der Waals surface area contributed by atoms with Gasteiger partial charge in [0.1, 0.15) is 0 Å². The van der Waals surface area contributed by atoms with Crippen molar-refractivity contribution >= 4 is 6.03 Å². The molecule has 1 spiro atoms. The van der Waals surface area contributed by atoms with E-state index in [1.807, 2.05) is 0 Å². The lowest BCUT2D eigenvalue weighted by Gasteiger charge is -2.45. The van der Waals surface area contributed by atoms with E-state index in [0.717, 1.165) is 26.2 Å². The van der Waals surface area contributed by atoms with Crippen LogP contribution in [0.5, 0.6) is 0 Å². The molecule has 3 heteroatoms. The fourth-order valence-electron chi connectivity index (χ4n) is 4.08. The maximum absolute atomic E-state index is 12.3. The monoisotopic (exact) mass is 250 g/mol. The molecule has 2 aliphatic heterocycles. The predicted molar refractivity (Wildman–Crippen MR) is 72.5 cm³/mol. The average Bonchev–Trinajstić information content (AvgIpc) is 2.94. The van der Waals surface area contributed by atoms with E-state index < -0.39 is 0 Å². The predicted octanol–water partition coefficient (Wildman–Crippen LogP) is 3.25. The van der Waals surface area contributed by atoms with Gasteiger partial charge in [0.05, 0.1) is 0 Å². The Balaban J connectivity index is 1.54. The molecule has 1 saturated carbocycles. The minimum atomic E-state index is 0.318. The van der Waals surface area contributed by atoms with Crippen molar-refractivity contribution in [3.63, 3.8) is 0 Å². The van der Waals surface area contributed by atoms with Crippen LogP contribution in [-0.2, 0) is 0 Å². The summed E-state index contributed by atoms with van der Waals surface area (Å²) in [4.78, 5) is 16.5. The highest BCUT2D eigenvalue weighted by atomic mass is 16.2. The summed E-state index contributed by atoms with van der Waals surface area (Å²) in [5.74, 6) is 0. The zero-order chi connectivity index (χ0) is 12.4. The van der Waals surface area contributed by atoms with E-state index in [1.165, 1.54) is 57.8 Å². The topological polar surface area (TPSA) is 23.6 Å². The van der Waals surface area contributed by atoms with Crippen LogP contribution in [0.25, 0.3) is 0 Å². The first-order chi connectivity index (χ1) is 8.79.